The van der Waals surface area contributed by atoms with Crippen molar-refractivity contribution in [3.05, 3.63) is 23.9 Å². The van der Waals surface area contributed by atoms with Gasteiger partial charge in [-0.3, -0.25) is 19.1 Å². The maximum Gasteiger partial charge on any atom is 0.405 e. The molecule has 5 atom stereocenters. The Bertz CT molecular complexity index is 2050. The molecule has 4 aliphatic rings. The monoisotopic (exact) mass is 878 g/mol. The molecule has 0 spiro atoms. The van der Waals surface area contributed by atoms with Gasteiger partial charge in [-0.15, -0.1) is 0 Å². The molecule has 2 aromatic rings. The standard InChI is InChI=1S/C36H46F4N6O9S.C4H10.3H2/c1-4-21-25(55-31-28(36(39,40)12-6-5-7-19-8-9-19)42-23-11-10-20(54-3)15-24(23)43-31)18-46(26(47)17-41-33(50)51)27(21)30(48)44-35(16-22(35)29(37)38)32(49)45-56(52,53)34(2)13-14-34;1-4(2)3;;;/h10-11,15,19,21-22,25,27,29,41H,4-9,12-14,16-18H2,1-3H3,(H,44,48)(H,45,49)(H,50,51);4H,1-3H3;3*1H/t21-,22+,25+,27+,35-;;;;/m1..../s1. The minimum Gasteiger partial charge on any atom is -0.497 e. The summed E-state index contributed by atoms with van der Waals surface area (Å²) >= 11 is 0. The molecule has 4 amide bonds. The second-order valence-corrected chi connectivity index (χ2v) is 19.4. The molecule has 3 saturated carbocycles. The molecule has 1 saturated heterocycles. The molecule has 1 aliphatic heterocycles. The van der Waals surface area contributed by atoms with Crippen LogP contribution >= 0.6 is 0 Å². The SMILES string of the molecule is CC(C)C.CC[C@@H]1[C@@H](Oc2nc3cc(OC)ccc3nc2C(F)(F)CCCCC2CC2)CN(C(=O)CNC(=O)O)[C@@H]1C(=O)N[C@]1(C(=O)NS(=O)(=O)C2(C)CC2)C[C@H]1C(F)F.[HH].[HH].[HH]. The molecular weight excluding hydrogens is 817 g/mol. The summed E-state index contributed by atoms with van der Waals surface area (Å²) in [5, 5.41) is 13.4. The molecule has 0 radical (unpaired) electrons. The van der Waals surface area contributed by atoms with Gasteiger partial charge in [0.05, 0.1) is 35.4 Å². The third-order valence-electron chi connectivity index (χ3n) is 11.4. The summed E-state index contributed by atoms with van der Waals surface area (Å²) in [6.45, 7) is 8.19. The highest BCUT2D eigenvalue weighted by atomic mass is 32.2. The van der Waals surface area contributed by atoms with Crippen LogP contribution in [-0.2, 0) is 30.3 Å². The van der Waals surface area contributed by atoms with E-state index in [2.05, 4.69) is 36.1 Å². The number of likely N-dealkylation sites (tertiary alicyclic amines) is 1. The summed E-state index contributed by atoms with van der Waals surface area (Å²) in [7, 11) is -2.90. The van der Waals surface area contributed by atoms with Gasteiger partial charge in [-0.1, -0.05) is 53.4 Å². The number of hydrogen-bond acceptors (Lipinski definition) is 10. The normalized spacial score (nSPS) is 24.4. The number of carbonyl (C=O) groups excluding carboxylic acids is 3. The largest absolute Gasteiger partial charge is 0.497 e. The van der Waals surface area contributed by atoms with Crippen LogP contribution in [0.1, 0.15) is 109 Å². The number of fused-ring (bicyclic) bond motifs is 1. The van der Waals surface area contributed by atoms with Crippen LogP contribution < -0.4 is 24.8 Å². The van der Waals surface area contributed by atoms with Crippen molar-refractivity contribution >= 4 is 44.9 Å². The first-order valence-corrected chi connectivity index (χ1v) is 21.9. The third kappa shape index (κ3) is 10.7. The quantitative estimate of drug-likeness (QED) is 0.0941. The van der Waals surface area contributed by atoms with Gasteiger partial charge in [-0.05, 0) is 63.0 Å². The smallest absolute Gasteiger partial charge is 0.405 e. The van der Waals surface area contributed by atoms with Gasteiger partial charge in [0.25, 0.3) is 11.8 Å². The van der Waals surface area contributed by atoms with E-state index < -0.39 is 118 Å². The Morgan fingerprint density at radius 2 is 1.75 bits per heavy atom. The summed E-state index contributed by atoms with van der Waals surface area (Å²) in [6, 6.07) is 2.86. The van der Waals surface area contributed by atoms with Crippen molar-refractivity contribution in [2.24, 2.45) is 23.7 Å². The number of halogens is 4. The summed E-state index contributed by atoms with van der Waals surface area (Å²) in [4.78, 5) is 62.0. The Morgan fingerprint density at radius 3 is 2.30 bits per heavy atom. The molecule has 4 N–H and O–H groups in total. The van der Waals surface area contributed by atoms with Gasteiger partial charge in [0.1, 0.15) is 30.0 Å². The second kappa shape index (κ2) is 18.2. The second-order valence-electron chi connectivity index (χ2n) is 17.2. The Kier molecular flexibility index (Phi) is 14.2. The maximum absolute atomic E-state index is 16.1. The molecule has 0 unspecified atom stereocenters. The molecule has 6 rings (SSSR count). The average molecular weight is 879 g/mol. The molecule has 340 valence electrons. The number of methoxy groups -OCH3 is 1. The summed E-state index contributed by atoms with van der Waals surface area (Å²) in [5.41, 5.74) is -2.86. The predicted molar refractivity (Wildman–Crippen MR) is 217 cm³/mol. The molecule has 4 fully saturated rings. The minimum absolute atomic E-state index is 0. The average Bonchev–Trinajstić information content (AvgIpc) is 4.10. The van der Waals surface area contributed by atoms with Crippen LogP contribution in [0.15, 0.2) is 18.2 Å². The van der Waals surface area contributed by atoms with Crippen LogP contribution in [0.5, 0.6) is 11.6 Å². The van der Waals surface area contributed by atoms with Crippen molar-refractivity contribution < 1.29 is 64.0 Å². The number of alkyl halides is 4. The molecule has 3 aliphatic carbocycles. The Labute approximate surface area is 351 Å². The number of unbranched alkanes of at least 4 members (excludes halogenated alkanes) is 1. The van der Waals surface area contributed by atoms with Gasteiger partial charge < -0.3 is 30.1 Å². The molecular formula is C40H62F4N6O9S. The van der Waals surface area contributed by atoms with Gasteiger partial charge in [-0.2, -0.15) is 8.78 Å². The molecule has 60 heavy (non-hydrogen) atoms. The predicted octanol–water partition coefficient (Wildman–Crippen LogP) is 6.49. The number of ether oxygens (including phenoxy) is 2. The third-order valence-corrected chi connectivity index (χ3v) is 13.6. The van der Waals surface area contributed by atoms with E-state index in [0.717, 1.165) is 30.1 Å². The lowest BCUT2D eigenvalue weighted by Gasteiger charge is -2.29. The van der Waals surface area contributed by atoms with Crippen molar-refractivity contribution in [3.8, 4) is 11.6 Å². The topological polar surface area (TPSA) is 206 Å². The van der Waals surface area contributed by atoms with Gasteiger partial charge >= 0.3 is 6.09 Å². The summed E-state index contributed by atoms with van der Waals surface area (Å²) in [5.74, 6) is -8.62. The van der Waals surface area contributed by atoms with Crippen LogP contribution in [0.2, 0.25) is 0 Å². The number of carboxylic acid groups (broad SMARTS) is 1. The number of aromatic nitrogens is 2. The number of nitrogens with zero attached hydrogens (tertiary/aromatic N) is 3. The van der Waals surface area contributed by atoms with Crippen LogP contribution in [0.3, 0.4) is 0 Å². The first-order chi connectivity index (χ1) is 28.1. The molecule has 15 nitrogen and oxygen atoms in total. The number of amides is 4. The van der Waals surface area contributed by atoms with Gasteiger partial charge in [0.2, 0.25) is 34.1 Å². The number of benzene rings is 1. The van der Waals surface area contributed by atoms with Crippen molar-refractivity contribution in [3.63, 3.8) is 0 Å². The first kappa shape index (κ1) is 46.6. The number of nitrogens with one attached hydrogen (secondary N) is 3. The van der Waals surface area contributed by atoms with Crippen molar-refractivity contribution in [2.45, 2.75) is 134 Å². The zero-order valence-electron chi connectivity index (χ0n) is 34.7. The van der Waals surface area contributed by atoms with Crippen LogP contribution in [0, 0.1) is 23.7 Å². The first-order valence-electron chi connectivity index (χ1n) is 20.4. The number of sulfonamides is 1. The van der Waals surface area contributed by atoms with E-state index in [9.17, 15) is 41.5 Å². The fourth-order valence-electron chi connectivity index (χ4n) is 7.38. The van der Waals surface area contributed by atoms with E-state index >= 15 is 8.78 Å². The highest BCUT2D eigenvalue weighted by molar-refractivity contribution is 7.91. The zero-order valence-corrected chi connectivity index (χ0v) is 35.6. The van der Waals surface area contributed by atoms with Crippen LogP contribution in [0.25, 0.3) is 11.0 Å². The Morgan fingerprint density at radius 1 is 1.08 bits per heavy atom. The fraction of sp³-hybridized carbons (Fsp3) is 0.700. The van der Waals surface area contributed by atoms with E-state index in [1.807, 2.05) is 10.0 Å². The fourth-order valence-corrected chi connectivity index (χ4v) is 8.69. The van der Waals surface area contributed by atoms with Gasteiger partial charge in [0.15, 0.2) is 5.69 Å². The van der Waals surface area contributed by atoms with Crippen LogP contribution in [0.4, 0.5) is 22.4 Å². The lowest BCUT2D eigenvalue weighted by atomic mass is 9.93. The summed E-state index contributed by atoms with van der Waals surface area (Å²) in [6.07, 6.45) is -2.84. The molecule has 20 heteroatoms. The lowest BCUT2D eigenvalue weighted by molar-refractivity contribution is -0.140. The number of rotatable bonds is 18. The number of hydrogen-bond donors (Lipinski definition) is 4. The minimum atomic E-state index is -4.30. The van der Waals surface area contributed by atoms with Crippen molar-refractivity contribution in [1.82, 2.24) is 30.2 Å². The van der Waals surface area contributed by atoms with Crippen molar-refractivity contribution in [1.29, 1.82) is 0 Å². The van der Waals surface area contributed by atoms with E-state index in [-0.39, 0.29) is 41.0 Å². The van der Waals surface area contributed by atoms with Gasteiger partial charge in [-0.25, -0.2) is 32.0 Å². The van der Waals surface area contributed by atoms with Crippen LogP contribution in [-0.4, -0.2) is 101 Å². The maximum atomic E-state index is 16.1. The van der Waals surface area contributed by atoms with Gasteiger partial charge in [0, 0.05) is 22.7 Å². The molecule has 1 aromatic carbocycles. The Balaban J connectivity index is 0.00000187. The Hall–Kier alpha value is -4.49. The van der Waals surface area contributed by atoms with Crippen molar-refractivity contribution in [2.75, 3.05) is 20.2 Å². The molecule has 1 aromatic heterocycles. The van der Waals surface area contributed by atoms with E-state index in [4.69, 9.17) is 9.47 Å². The lowest BCUT2D eigenvalue weighted by Crippen LogP contribution is -2.59. The van der Waals surface area contributed by atoms with E-state index in [1.165, 1.54) is 32.2 Å². The van der Waals surface area contributed by atoms with E-state index in [0.29, 0.717) is 18.1 Å². The zero-order chi connectivity index (χ0) is 44.4. The molecule has 2 heterocycles. The van der Waals surface area contributed by atoms with E-state index in [1.54, 1.807) is 6.92 Å². The summed E-state index contributed by atoms with van der Waals surface area (Å²) < 4.78 is 98.3. The highest BCUT2D eigenvalue weighted by Gasteiger charge is 2.67. The molecule has 0 bridgehead atoms. The number of carbonyl (C=O) groups is 4. The highest BCUT2D eigenvalue weighted by Crippen LogP contribution is 2.50.